The topological polar surface area (TPSA) is 21.6 Å². The molecule has 0 aromatic carbocycles. The van der Waals surface area contributed by atoms with Crippen LogP contribution in [-0.2, 0) is 4.74 Å². The SMILES string of the molecule is C1=NC2(CC2)OC1. The lowest BCUT2D eigenvalue weighted by atomic mass is 10.6. The maximum atomic E-state index is 5.23. The third-order valence-corrected chi connectivity index (χ3v) is 1.43. The molecule has 0 amide bonds. The predicted octanol–water partition coefficient (Wildman–Crippen LogP) is 0.578. The number of hydrogen-bond acceptors (Lipinski definition) is 2. The minimum atomic E-state index is 0.0139. The Hall–Kier alpha value is -0.370. The lowest BCUT2D eigenvalue weighted by Gasteiger charge is -1.97. The lowest BCUT2D eigenvalue weighted by Crippen LogP contribution is -2.02. The lowest BCUT2D eigenvalue weighted by molar-refractivity contribution is 0.0888. The van der Waals surface area contributed by atoms with Gasteiger partial charge < -0.3 is 4.74 Å². The van der Waals surface area contributed by atoms with Crippen molar-refractivity contribution in [2.24, 2.45) is 4.99 Å². The van der Waals surface area contributed by atoms with E-state index in [9.17, 15) is 0 Å². The van der Waals surface area contributed by atoms with Crippen molar-refractivity contribution in [3.63, 3.8) is 0 Å². The molecule has 0 saturated heterocycles. The third-order valence-electron chi connectivity index (χ3n) is 1.43. The number of aliphatic imine (C=N–C) groups is 1. The highest BCUT2D eigenvalue weighted by Gasteiger charge is 2.45. The van der Waals surface area contributed by atoms with Gasteiger partial charge in [-0.2, -0.15) is 0 Å². The molecule has 38 valence electrons. The molecule has 1 heterocycles. The summed E-state index contributed by atoms with van der Waals surface area (Å²) < 4.78 is 5.23. The minimum Gasteiger partial charge on any atom is -0.348 e. The van der Waals surface area contributed by atoms with Crippen molar-refractivity contribution in [1.82, 2.24) is 0 Å². The van der Waals surface area contributed by atoms with E-state index in [4.69, 9.17) is 4.74 Å². The molecule has 7 heavy (non-hydrogen) atoms. The van der Waals surface area contributed by atoms with Crippen LogP contribution < -0.4 is 0 Å². The molecule has 2 rings (SSSR count). The Morgan fingerprint density at radius 2 is 2.43 bits per heavy atom. The van der Waals surface area contributed by atoms with E-state index >= 15 is 0 Å². The smallest absolute Gasteiger partial charge is 0.159 e. The Balaban J connectivity index is 2.22. The molecule has 2 heteroatoms. The second kappa shape index (κ2) is 0.892. The molecule has 0 radical (unpaired) electrons. The molecule has 0 unspecified atom stereocenters. The molecule has 1 aliphatic carbocycles. The summed E-state index contributed by atoms with van der Waals surface area (Å²) in [4.78, 5) is 4.13. The zero-order chi connectivity index (χ0) is 4.74. The molecular weight excluding hydrogens is 90.1 g/mol. The van der Waals surface area contributed by atoms with Crippen LogP contribution in [0.2, 0.25) is 0 Å². The van der Waals surface area contributed by atoms with Gasteiger partial charge in [-0.3, -0.25) is 4.99 Å². The van der Waals surface area contributed by atoms with Crippen molar-refractivity contribution in [3.8, 4) is 0 Å². The molecule has 0 aromatic rings. The molecule has 1 fully saturated rings. The average Bonchev–Trinajstić information content (AvgIpc) is 2.15. The summed E-state index contributed by atoms with van der Waals surface area (Å²) in [6.45, 7) is 0.736. The fraction of sp³-hybridized carbons (Fsp3) is 0.800. The van der Waals surface area contributed by atoms with E-state index < -0.39 is 0 Å². The van der Waals surface area contributed by atoms with E-state index in [2.05, 4.69) is 4.99 Å². The highest BCUT2D eigenvalue weighted by atomic mass is 16.5. The highest BCUT2D eigenvalue weighted by Crippen LogP contribution is 2.42. The van der Waals surface area contributed by atoms with Gasteiger partial charge in [-0.1, -0.05) is 0 Å². The quantitative estimate of drug-likeness (QED) is 0.433. The highest BCUT2D eigenvalue weighted by molar-refractivity contribution is 5.61. The summed E-state index contributed by atoms with van der Waals surface area (Å²) in [7, 11) is 0. The Bertz CT molecular complexity index is 115. The van der Waals surface area contributed by atoms with Gasteiger partial charge in [0.2, 0.25) is 0 Å². The second-order valence-electron chi connectivity index (χ2n) is 2.07. The summed E-state index contributed by atoms with van der Waals surface area (Å²) in [6.07, 6.45) is 4.14. The second-order valence-corrected chi connectivity index (χ2v) is 2.07. The van der Waals surface area contributed by atoms with Crippen LogP contribution in [-0.4, -0.2) is 18.5 Å². The van der Waals surface area contributed by atoms with Crippen molar-refractivity contribution in [2.45, 2.75) is 18.6 Å². The fourth-order valence-electron chi connectivity index (χ4n) is 0.814. The molecule has 0 N–H and O–H groups in total. The predicted molar refractivity (Wildman–Crippen MR) is 26.4 cm³/mol. The number of rotatable bonds is 0. The number of ether oxygens (including phenoxy) is 1. The van der Waals surface area contributed by atoms with Crippen LogP contribution in [0.5, 0.6) is 0 Å². The van der Waals surface area contributed by atoms with Crippen LogP contribution >= 0.6 is 0 Å². The van der Waals surface area contributed by atoms with Crippen LogP contribution in [0.15, 0.2) is 4.99 Å². The third kappa shape index (κ3) is 0.399. The van der Waals surface area contributed by atoms with Gasteiger partial charge in [-0.15, -0.1) is 0 Å². The Kier molecular flexibility index (Phi) is 0.460. The maximum Gasteiger partial charge on any atom is 0.159 e. The number of nitrogens with zero attached hydrogens (tertiary/aromatic N) is 1. The van der Waals surface area contributed by atoms with Gasteiger partial charge in [-0.25, -0.2) is 0 Å². The van der Waals surface area contributed by atoms with Gasteiger partial charge in [0, 0.05) is 19.1 Å². The minimum absolute atomic E-state index is 0.0139. The molecule has 2 aliphatic rings. The fourth-order valence-corrected chi connectivity index (χ4v) is 0.814. The molecule has 2 nitrogen and oxygen atoms in total. The summed E-state index contributed by atoms with van der Waals surface area (Å²) in [5.41, 5.74) is 0.0139. The van der Waals surface area contributed by atoms with E-state index in [0.717, 1.165) is 19.4 Å². The summed E-state index contributed by atoms with van der Waals surface area (Å²) in [6, 6.07) is 0. The van der Waals surface area contributed by atoms with Crippen molar-refractivity contribution < 1.29 is 4.74 Å². The largest absolute Gasteiger partial charge is 0.348 e. The van der Waals surface area contributed by atoms with E-state index in [1.54, 1.807) is 0 Å². The molecule has 0 bridgehead atoms. The van der Waals surface area contributed by atoms with Gasteiger partial charge in [0.25, 0.3) is 0 Å². The first-order chi connectivity index (χ1) is 3.41. The summed E-state index contributed by atoms with van der Waals surface area (Å²) >= 11 is 0. The molecule has 1 saturated carbocycles. The molecule has 0 atom stereocenters. The zero-order valence-electron chi connectivity index (χ0n) is 4.05. The standard InChI is InChI=1S/C5H7NO/c1-2-5(1)6-3-4-7-5/h3H,1-2,4H2. The molecular formula is C5H7NO. The molecule has 1 aliphatic heterocycles. The summed E-state index contributed by atoms with van der Waals surface area (Å²) in [5.74, 6) is 0. The Labute approximate surface area is 42.2 Å². The van der Waals surface area contributed by atoms with E-state index in [0.29, 0.717) is 0 Å². The van der Waals surface area contributed by atoms with Crippen LogP contribution in [0.4, 0.5) is 0 Å². The van der Waals surface area contributed by atoms with Gasteiger partial charge in [0.05, 0.1) is 6.61 Å². The van der Waals surface area contributed by atoms with E-state index in [1.807, 2.05) is 6.21 Å². The molecule has 1 spiro atoms. The van der Waals surface area contributed by atoms with Gasteiger partial charge in [-0.05, 0) is 0 Å². The van der Waals surface area contributed by atoms with Gasteiger partial charge in [0.15, 0.2) is 5.72 Å². The van der Waals surface area contributed by atoms with Crippen LogP contribution in [0.1, 0.15) is 12.8 Å². The van der Waals surface area contributed by atoms with Crippen molar-refractivity contribution in [3.05, 3.63) is 0 Å². The van der Waals surface area contributed by atoms with Crippen molar-refractivity contribution in [1.29, 1.82) is 0 Å². The van der Waals surface area contributed by atoms with Gasteiger partial charge in [0.1, 0.15) is 0 Å². The average molecular weight is 97.1 g/mol. The Morgan fingerprint density at radius 1 is 1.57 bits per heavy atom. The number of hydrogen-bond donors (Lipinski definition) is 0. The normalized spacial score (nSPS) is 32.0. The monoisotopic (exact) mass is 97.1 g/mol. The van der Waals surface area contributed by atoms with Crippen LogP contribution in [0.3, 0.4) is 0 Å². The van der Waals surface area contributed by atoms with E-state index in [1.165, 1.54) is 0 Å². The van der Waals surface area contributed by atoms with Crippen LogP contribution in [0.25, 0.3) is 0 Å². The van der Waals surface area contributed by atoms with E-state index in [-0.39, 0.29) is 5.72 Å². The zero-order valence-corrected chi connectivity index (χ0v) is 4.05. The van der Waals surface area contributed by atoms with Gasteiger partial charge >= 0.3 is 0 Å². The first-order valence-corrected chi connectivity index (χ1v) is 2.59. The first-order valence-electron chi connectivity index (χ1n) is 2.59. The summed E-state index contributed by atoms with van der Waals surface area (Å²) in [5, 5.41) is 0. The van der Waals surface area contributed by atoms with Crippen LogP contribution in [0, 0.1) is 0 Å². The van der Waals surface area contributed by atoms with Crippen molar-refractivity contribution in [2.75, 3.05) is 6.61 Å². The Morgan fingerprint density at radius 3 is 2.71 bits per heavy atom. The molecule has 0 aromatic heterocycles. The maximum absolute atomic E-state index is 5.23. The van der Waals surface area contributed by atoms with Crippen molar-refractivity contribution >= 4 is 6.21 Å². The first kappa shape index (κ1) is 3.61.